The number of aliphatic hydroxyl groups is 10. The Morgan fingerprint density at radius 2 is 1.37 bits per heavy atom. The van der Waals surface area contributed by atoms with E-state index in [9.17, 15) is 51.1 Å². The first-order valence-corrected chi connectivity index (χ1v) is 21.0. The first kappa shape index (κ1) is 44.0. The summed E-state index contributed by atoms with van der Waals surface area (Å²) in [6.07, 6.45) is -7.35. The third-order valence-corrected chi connectivity index (χ3v) is 16.7. The van der Waals surface area contributed by atoms with Gasteiger partial charge in [-0.25, -0.2) is 0 Å². The van der Waals surface area contributed by atoms with E-state index < -0.39 is 116 Å². The predicted molar refractivity (Wildman–Crippen MR) is 201 cm³/mol. The van der Waals surface area contributed by atoms with Crippen LogP contribution in [0.15, 0.2) is 23.8 Å². The van der Waals surface area contributed by atoms with Crippen LogP contribution in [0.3, 0.4) is 0 Å². The van der Waals surface area contributed by atoms with Gasteiger partial charge in [-0.15, -0.1) is 0 Å². The zero-order valence-corrected chi connectivity index (χ0v) is 34.3. The van der Waals surface area contributed by atoms with Crippen molar-refractivity contribution in [2.45, 2.75) is 179 Å². The zero-order chi connectivity index (χ0) is 41.8. The van der Waals surface area contributed by atoms with Gasteiger partial charge >= 0.3 is 0 Å². The lowest BCUT2D eigenvalue weighted by Crippen LogP contribution is -2.66. The van der Waals surface area contributed by atoms with E-state index >= 15 is 0 Å². The van der Waals surface area contributed by atoms with Crippen molar-refractivity contribution in [2.75, 3.05) is 13.2 Å². The molecule has 0 amide bonds. The molecule has 0 aromatic carbocycles. The lowest BCUT2D eigenvalue weighted by molar-refractivity contribution is -0.330. The van der Waals surface area contributed by atoms with Crippen LogP contribution >= 0.6 is 0 Å². The van der Waals surface area contributed by atoms with Crippen molar-refractivity contribution in [3.8, 4) is 0 Å². The Balaban J connectivity index is 1.13. The van der Waals surface area contributed by atoms with Gasteiger partial charge in [0.1, 0.15) is 60.5 Å². The Morgan fingerprint density at radius 3 is 1.96 bits per heavy atom. The fourth-order valence-corrected chi connectivity index (χ4v) is 13.2. The van der Waals surface area contributed by atoms with E-state index in [4.69, 9.17) is 23.7 Å². The van der Waals surface area contributed by atoms with Gasteiger partial charge in [0.25, 0.3) is 0 Å². The van der Waals surface area contributed by atoms with Gasteiger partial charge in [-0.1, -0.05) is 58.4 Å². The third kappa shape index (κ3) is 6.32. The second-order valence-corrected chi connectivity index (χ2v) is 19.8. The summed E-state index contributed by atoms with van der Waals surface area (Å²) in [5.74, 6) is -0.356. The lowest BCUT2D eigenvalue weighted by atomic mass is 9.38. The molecular weight excluding hydrogens is 744 g/mol. The fourth-order valence-electron chi connectivity index (χ4n) is 13.2. The van der Waals surface area contributed by atoms with E-state index in [0.29, 0.717) is 19.3 Å². The van der Waals surface area contributed by atoms with Crippen molar-refractivity contribution in [3.63, 3.8) is 0 Å². The van der Waals surface area contributed by atoms with Crippen molar-refractivity contribution >= 4 is 0 Å². The highest BCUT2D eigenvalue weighted by Gasteiger charge is 2.78. The molecule has 0 aromatic rings. The maximum absolute atomic E-state index is 12.2. The molecule has 2 bridgehead atoms. The summed E-state index contributed by atoms with van der Waals surface area (Å²) in [6.45, 7) is 13.3. The molecule has 57 heavy (non-hydrogen) atoms. The number of allylic oxidation sites excluding steroid dienone is 2. The Bertz CT molecular complexity index is 1520. The minimum Gasteiger partial charge on any atom is -0.394 e. The summed E-state index contributed by atoms with van der Waals surface area (Å²) in [5.41, 5.74) is -1.94. The van der Waals surface area contributed by atoms with Gasteiger partial charge in [-0.3, -0.25) is 0 Å². The van der Waals surface area contributed by atoms with Crippen LogP contribution in [0.1, 0.15) is 87.0 Å². The Kier molecular flexibility index (Phi) is 11.8. The number of rotatable bonds is 10. The van der Waals surface area contributed by atoms with E-state index in [0.717, 1.165) is 24.8 Å². The molecule has 326 valence electrons. The molecule has 6 fully saturated rings. The summed E-state index contributed by atoms with van der Waals surface area (Å²) in [5, 5.41) is 107. The van der Waals surface area contributed by atoms with Crippen molar-refractivity contribution < 1.29 is 74.7 Å². The Hall–Kier alpha value is -1.12. The second kappa shape index (κ2) is 15.3. The molecule has 0 unspecified atom stereocenters. The molecule has 3 saturated carbocycles. The molecule has 7 rings (SSSR count). The van der Waals surface area contributed by atoms with E-state index in [2.05, 4.69) is 26.0 Å². The molecule has 0 aromatic heterocycles. The number of ether oxygens (including phenoxy) is 5. The first-order valence-electron chi connectivity index (χ1n) is 21.0. The molecule has 3 aliphatic heterocycles. The summed E-state index contributed by atoms with van der Waals surface area (Å²) in [4.78, 5) is 0. The van der Waals surface area contributed by atoms with Crippen LogP contribution in [0.4, 0.5) is 0 Å². The number of fused-ring (bicyclic) bond motifs is 2. The van der Waals surface area contributed by atoms with Crippen molar-refractivity contribution in [2.24, 2.45) is 45.3 Å². The van der Waals surface area contributed by atoms with Crippen LogP contribution in [0, 0.1) is 45.3 Å². The van der Waals surface area contributed by atoms with Crippen LogP contribution < -0.4 is 0 Å². The molecule has 10 N–H and O–H groups in total. The standard InChI is InChI=1S/C42H68O15/c1-19(2)16-22(53-35-33(50)31(48)29(46)23(17-43)54-35)28(45)20(3)21-10-12-40(7)25-11-13-42-26(41(25,37(52)57-42)15-14-39(21,40)6)8-9-27(38(42,4)5)56-36-34(51)32(49)30(47)24(18-44)55-36/h11,13,16,20-37,43-52H,8-10,12,14-15,17-18H2,1-7H3/t20-,21+,22-,23+,24+,25-,26-,27-,28-,29+,30+,31+,32+,33+,34+,35+,36-,37-,39+,40-,41-,42+/m0/s1. The minimum absolute atomic E-state index is 0.0416. The van der Waals surface area contributed by atoms with Crippen molar-refractivity contribution in [3.05, 3.63) is 23.8 Å². The quantitative estimate of drug-likeness (QED) is 0.133. The number of aliphatic hydroxyl groups excluding tert-OH is 10. The molecule has 3 saturated heterocycles. The molecule has 1 spiro atoms. The topological polar surface area (TPSA) is 248 Å². The highest BCUT2D eigenvalue weighted by atomic mass is 16.7. The highest BCUT2D eigenvalue weighted by Crippen LogP contribution is 2.78. The van der Waals surface area contributed by atoms with E-state index in [1.165, 1.54) is 0 Å². The van der Waals surface area contributed by atoms with Crippen LogP contribution in [-0.2, 0) is 23.7 Å². The summed E-state index contributed by atoms with van der Waals surface area (Å²) in [7, 11) is 0. The second-order valence-electron chi connectivity index (χ2n) is 19.8. The fraction of sp³-hybridized carbons (Fsp3) is 0.905. The number of hydrogen-bond donors (Lipinski definition) is 10. The molecular formula is C42H68O15. The predicted octanol–water partition coefficient (Wildman–Crippen LogP) is 0.232. The molecule has 0 radical (unpaired) electrons. The van der Waals surface area contributed by atoms with Gasteiger partial charge in [0.05, 0.1) is 25.4 Å². The van der Waals surface area contributed by atoms with E-state index in [1.54, 1.807) is 6.08 Å². The number of hydrogen-bond acceptors (Lipinski definition) is 15. The summed E-state index contributed by atoms with van der Waals surface area (Å²) < 4.78 is 30.8. The molecule has 15 nitrogen and oxygen atoms in total. The lowest BCUT2D eigenvalue weighted by Gasteiger charge is -2.65. The van der Waals surface area contributed by atoms with Gasteiger partial charge < -0.3 is 74.7 Å². The average Bonchev–Trinajstić information content (AvgIpc) is 3.53. The maximum atomic E-state index is 12.2. The van der Waals surface area contributed by atoms with Gasteiger partial charge in [0, 0.05) is 16.7 Å². The molecule has 3 heterocycles. The first-order chi connectivity index (χ1) is 26.7. The van der Waals surface area contributed by atoms with Crippen LogP contribution in [0.5, 0.6) is 0 Å². The summed E-state index contributed by atoms with van der Waals surface area (Å²) >= 11 is 0. The van der Waals surface area contributed by atoms with Gasteiger partial charge in [0.15, 0.2) is 18.9 Å². The summed E-state index contributed by atoms with van der Waals surface area (Å²) in [6, 6.07) is 0. The zero-order valence-electron chi connectivity index (χ0n) is 34.3. The van der Waals surface area contributed by atoms with Crippen molar-refractivity contribution in [1.29, 1.82) is 0 Å². The average molecular weight is 813 g/mol. The van der Waals surface area contributed by atoms with Gasteiger partial charge in [-0.05, 0) is 81.0 Å². The van der Waals surface area contributed by atoms with Gasteiger partial charge in [0.2, 0.25) is 0 Å². The highest BCUT2D eigenvalue weighted by molar-refractivity contribution is 5.34. The molecule has 22 atom stereocenters. The van der Waals surface area contributed by atoms with Crippen LogP contribution in [0.25, 0.3) is 0 Å². The van der Waals surface area contributed by atoms with E-state index in [-0.39, 0.29) is 34.5 Å². The molecule has 15 heteroatoms. The van der Waals surface area contributed by atoms with Crippen molar-refractivity contribution in [1.82, 2.24) is 0 Å². The SMILES string of the molecule is CC(C)=C[C@H](O[C@@H]1O[C@H](CO)[C@@H](O)[C@@H](O)[C@H]1O)[C@@H](O)[C@@H](C)[C@H]1CC[C@@]2(C)[C@@H]3C=C[C@@]45O[C@H](O)[C@]3(CC[C@]12C)[C@@H]4CC[C@H](O[C@@H]1O[C@H](CO)[C@@H](O)[C@@H](O)[C@H]1O)C5(C)C. The van der Waals surface area contributed by atoms with Crippen LogP contribution in [-0.4, -0.2) is 156 Å². The van der Waals surface area contributed by atoms with Gasteiger partial charge in [-0.2, -0.15) is 0 Å². The normalized spacial score (nSPS) is 53.0. The largest absolute Gasteiger partial charge is 0.394 e. The maximum Gasteiger partial charge on any atom is 0.187 e. The Labute approximate surface area is 335 Å². The third-order valence-electron chi connectivity index (χ3n) is 16.7. The monoisotopic (exact) mass is 812 g/mol. The van der Waals surface area contributed by atoms with E-state index in [1.807, 2.05) is 34.6 Å². The molecule has 4 aliphatic carbocycles. The van der Waals surface area contributed by atoms with Crippen LogP contribution in [0.2, 0.25) is 0 Å². The smallest absolute Gasteiger partial charge is 0.187 e. The minimum atomic E-state index is -1.61. The Morgan fingerprint density at radius 1 is 0.772 bits per heavy atom. The molecule has 7 aliphatic rings.